The van der Waals surface area contributed by atoms with E-state index in [-0.39, 0.29) is 5.78 Å². The Balaban J connectivity index is 1.89. The number of hydrogen-bond acceptors (Lipinski definition) is 4. The lowest BCUT2D eigenvalue weighted by molar-refractivity contribution is -0.116. The van der Waals surface area contributed by atoms with Crippen LogP contribution in [0.5, 0.6) is 5.75 Å². The summed E-state index contributed by atoms with van der Waals surface area (Å²) in [5, 5.41) is 4.10. The van der Waals surface area contributed by atoms with Crippen LogP contribution in [0.2, 0.25) is 0 Å². The fourth-order valence-electron chi connectivity index (χ4n) is 1.88. The van der Waals surface area contributed by atoms with Crippen LogP contribution < -0.4 is 4.74 Å². The largest absolute Gasteiger partial charge is 0.486 e. The fourth-order valence-corrected chi connectivity index (χ4v) is 1.88. The van der Waals surface area contributed by atoms with Crippen LogP contribution in [-0.4, -0.2) is 20.5 Å². The minimum Gasteiger partial charge on any atom is -0.486 e. The average Bonchev–Trinajstić information content (AvgIpc) is 2.91. The summed E-state index contributed by atoms with van der Waals surface area (Å²) in [6.45, 7) is 4.81. The second-order valence-electron chi connectivity index (χ2n) is 4.63. The summed E-state index contributed by atoms with van der Waals surface area (Å²) in [7, 11) is 0. The van der Waals surface area contributed by atoms with Crippen molar-refractivity contribution in [3.05, 3.63) is 42.0 Å². The first kappa shape index (κ1) is 14.2. The van der Waals surface area contributed by atoms with E-state index in [2.05, 4.69) is 10.1 Å². The zero-order chi connectivity index (χ0) is 14.4. The molecular weight excluding hydrogens is 254 g/mol. The van der Waals surface area contributed by atoms with Gasteiger partial charge in [0.25, 0.3) is 0 Å². The van der Waals surface area contributed by atoms with E-state index in [0.717, 1.165) is 30.1 Å². The number of hydrogen-bond donors (Lipinski definition) is 0. The fraction of sp³-hybridized carbons (Fsp3) is 0.400. The molecule has 20 heavy (non-hydrogen) atoms. The van der Waals surface area contributed by atoms with Gasteiger partial charge in [0.1, 0.15) is 24.5 Å². The lowest BCUT2D eigenvalue weighted by Gasteiger charge is -2.07. The number of carbonyl (C=O) groups is 1. The third kappa shape index (κ3) is 3.91. The third-order valence-electron chi connectivity index (χ3n) is 3.05. The second kappa shape index (κ2) is 6.84. The molecule has 0 amide bonds. The van der Waals surface area contributed by atoms with Gasteiger partial charge in [-0.3, -0.25) is 0 Å². The number of ketones is 1. The van der Waals surface area contributed by atoms with Gasteiger partial charge in [-0.25, -0.2) is 9.67 Å². The summed E-state index contributed by atoms with van der Waals surface area (Å²) >= 11 is 0. The molecule has 0 aliphatic rings. The van der Waals surface area contributed by atoms with Crippen LogP contribution >= 0.6 is 0 Å². The van der Waals surface area contributed by atoms with Crippen LogP contribution in [0.3, 0.4) is 0 Å². The summed E-state index contributed by atoms with van der Waals surface area (Å²) in [5.41, 5.74) is 1.14. The number of aryl methyl sites for hydroxylation is 2. The maximum Gasteiger partial charge on any atom is 0.164 e. The first-order chi connectivity index (χ1) is 9.69. The molecule has 106 valence electrons. The standard InChI is InChI=1S/C15H19N3O2/c1-3-18-15(16-11-17-18)10-20-14-8-6-13(7-9-14)5-4-12(2)19/h6-9,11H,3-5,10H2,1-2H3. The summed E-state index contributed by atoms with van der Waals surface area (Å²) in [4.78, 5) is 15.1. The minimum absolute atomic E-state index is 0.212. The van der Waals surface area contributed by atoms with Gasteiger partial charge in [-0.15, -0.1) is 0 Å². The number of ether oxygens (including phenoxy) is 1. The Morgan fingerprint density at radius 3 is 2.70 bits per heavy atom. The zero-order valence-corrected chi connectivity index (χ0v) is 11.9. The highest BCUT2D eigenvalue weighted by Gasteiger charge is 2.04. The first-order valence-corrected chi connectivity index (χ1v) is 6.77. The molecule has 0 saturated heterocycles. The molecule has 5 nitrogen and oxygen atoms in total. The maximum atomic E-state index is 10.9. The van der Waals surface area contributed by atoms with Gasteiger partial charge in [0, 0.05) is 13.0 Å². The van der Waals surface area contributed by atoms with E-state index >= 15 is 0 Å². The SMILES string of the molecule is CCn1ncnc1COc1ccc(CCC(C)=O)cc1. The molecule has 0 aliphatic heterocycles. The van der Waals surface area contributed by atoms with Crippen molar-refractivity contribution in [2.24, 2.45) is 0 Å². The van der Waals surface area contributed by atoms with Crippen LogP contribution in [0.25, 0.3) is 0 Å². The molecule has 5 heteroatoms. The maximum absolute atomic E-state index is 10.9. The molecule has 0 bridgehead atoms. The Labute approximate surface area is 118 Å². The van der Waals surface area contributed by atoms with E-state index in [9.17, 15) is 4.79 Å². The van der Waals surface area contributed by atoms with E-state index in [0.29, 0.717) is 13.0 Å². The number of nitrogens with zero attached hydrogens (tertiary/aromatic N) is 3. The van der Waals surface area contributed by atoms with Gasteiger partial charge in [0.15, 0.2) is 5.82 Å². The zero-order valence-electron chi connectivity index (χ0n) is 11.9. The van der Waals surface area contributed by atoms with Gasteiger partial charge < -0.3 is 9.53 Å². The van der Waals surface area contributed by atoms with Crippen molar-refractivity contribution in [3.63, 3.8) is 0 Å². The van der Waals surface area contributed by atoms with E-state index < -0.39 is 0 Å². The van der Waals surface area contributed by atoms with E-state index in [1.807, 2.05) is 31.2 Å². The molecule has 0 radical (unpaired) electrons. The lowest BCUT2D eigenvalue weighted by Crippen LogP contribution is -2.07. The Morgan fingerprint density at radius 2 is 2.05 bits per heavy atom. The van der Waals surface area contributed by atoms with Crippen LogP contribution in [0.1, 0.15) is 31.7 Å². The lowest BCUT2D eigenvalue weighted by atomic mass is 10.1. The molecule has 1 heterocycles. The molecule has 2 aromatic rings. The summed E-state index contributed by atoms with van der Waals surface area (Å²) in [5.74, 6) is 1.82. The van der Waals surface area contributed by atoms with Crippen LogP contribution in [0.4, 0.5) is 0 Å². The Bertz CT molecular complexity index is 561. The van der Waals surface area contributed by atoms with Crippen molar-refractivity contribution in [3.8, 4) is 5.75 Å². The topological polar surface area (TPSA) is 57.0 Å². The van der Waals surface area contributed by atoms with Gasteiger partial charge in [-0.1, -0.05) is 12.1 Å². The Hall–Kier alpha value is -2.17. The predicted octanol–water partition coefficient (Wildman–Crippen LogP) is 2.40. The van der Waals surface area contributed by atoms with E-state index in [4.69, 9.17) is 4.74 Å². The highest BCUT2D eigenvalue weighted by molar-refractivity contribution is 5.75. The van der Waals surface area contributed by atoms with Crippen molar-refractivity contribution in [2.45, 2.75) is 39.8 Å². The molecule has 0 aliphatic carbocycles. The average molecular weight is 273 g/mol. The number of Topliss-reactive ketones (excluding diaryl/α,β-unsaturated/α-hetero) is 1. The molecule has 2 rings (SSSR count). The summed E-state index contributed by atoms with van der Waals surface area (Å²) in [6.07, 6.45) is 2.90. The Morgan fingerprint density at radius 1 is 1.30 bits per heavy atom. The molecule has 0 unspecified atom stereocenters. The van der Waals surface area contributed by atoms with Gasteiger partial charge in [0.05, 0.1) is 0 Å². The van der Waals surface area contributed by atoms with Gasteiger partial charge in [0.2, 0.25) is 0 Å². The summed E-state index contributed by atoms with van der Waals surface area (Å²) < 4.78 is 7.49. The smallest absolute Gasteiger partial charge is 0.164 e. The molecule has 1 aromatic heterocycles. The molecule has 0 fully saturated rings. The van der Waals surface area contributed by atoms with Crippen molar-refractivity contribution in [1.29, 1.82) is 0 Å². The number of carbonyl (C=O) groups excluding carboxylic acids is 1. The number of rotatable bonds is 7. The van der Waals surface area contributed by atoms with E-state index in [1.165, 1.54) is 6.33 Å². The van der Waals surface area contributed by atoms with Crippen LogP contribution in [-0.2, 0) is 24.4 Å². The molecule has 0 saturated carbocycles. The monoisotopic (exact) mass is 273 g/mol. The van der Waals surface area contributed by atoms with Crippen molar-refractivity contribution >= 4 is 5.78 Å². The van der Waals surface area contributed by atoms with Gasteiger partial charge in [-0.05, 0) is 38.0 Å². The minimum atomic E-state index is 0.212. The molecule has 0 atom stereocenters. The van der Waals surface area contributed by atoms with Crippen molar-refractivity contribution in [2.75, 3.05) is 0 Å². The normalized spacial score (nSPS) is 10.5. The summed E-state index contributed by atoms with van der Waals surface area (Å²) in [6, 6.07) is 7.82. The number of benzene rings is 1. The van der Waals surface area contributed by atoms with Crippen LogP contribution in [0.15, 0.2) is 30.6 Å². The van der Waals surface area contributed by atoms with Crippen LogP contribution in [0, 0.1) is 0 Å². The predicted molar refractivity (Wildman–Crippen MR) is 75.5 cm³/mol. The number of aromatic nitrogens is 3. The quantitative estimate of drug-likeness (QED) is 0.777. The van der Waals surface area contributed by atoms with E-state index in [1.54, 1.807) is 11.6 Å². The highest BCUT2D eigenvalue weighted by Crippen LogP contribution is 2.14. The van der Waals surface area contributed by atoms with Crippen molar-refractivity contribution in [1.82, 2.24) is 14.8 Å². The Kier molecular flexibility index (Phi) is 4.87. The van der Waals surface area contributed by atoms with Crippen molar-refractivity contribution < 1.29 is 9.53 Å². The highest BCUT2D eigenvalue weighted by atomic mass is 16.5. The second-order valence-corrected chi connectivity index (χ2v) is 4.63. The molecule has 0 N–H and O–H groups in total. The van der Waals surface area contributed by atoms with Gasteiger partial charge >= 0.3 is 0 Å². The van der Waals surface area contributed by atoms with Gasteiger partial charge in [-0.2, -0.15) is 5.10 Å². The molecular formula is C15H19N3O2. The first-order valence-electron chi connectivity index (χ1n) is 6.77. The molecule has 1 aromatic carbocycles. The third-order valence-corrected chi connectivity index (χ3v) is 3.05. The molecule has 0 spiro atoms.